The predicted molar refractivity (Wildman–Crippen MR) is 66.0 cm³/mol. The Bertz CT molecular complexity index is 497. The SMILES string of the molecule is COc1cc(C)nc(C(O)c2ccccc2)c1. The highest BCUT2D eigenvalue weighted by Gasteiger charge is 2.13. The van der Waals surface area contributed by atoms with Gasteiger partial charge in [0, 0.05) is 17.8 Å². The van der Waals surface area contributed by atoms with Gasteiger partial charge in [-0.3, -0.25) is 4.98 Å². The van der Waals surface area contributed by atoms with E-state index in [1.54, 1.807) is 13.2 Å². The molecule has 1 atom stereocenters. The molecule has 0 aliphatic heterocycles. The van der Waals surface area contributed by atoms with E-state index < -0.39 is 6.10 Å². The Morgan fingerprint density at radius 3 is 2.53 bits per heavy atom. The van der Waals surface area contributed by atoms with E-state index in [4.69, 9.17) is 4.74 Å². The fourth-order valence-corrected chi connectivity index (χ4v) is 1.73. The second-order valence-electron chi connectivity index (χ2n) is 3.89. The van der Waals surface area contributed by atoms with Gasteiger partial charge in [-0.25, -0.2) is 0 Å². The molecule has 0 radical (unpaired) electrons. The summed E-state index contributed by atoms with van der Waals surface area (Å²) in [5.41, 5.74) is 2.26. The molecule has 1 unspecified atom stereocenters. The molecule has 0 saturated carbocycles. The smallest absolute Gasteiger partial charge is 0.122 e. The Kier molecular flexibility index (Phi) is 3.40. The van der Waals surface area contributed by atoms with Crippen molar-refractivity contribution in [2.45, 2.75) is 13.0 Å². The number of methoxy groups -OCH3 is 1. The summed E-state index contributed by atoms with van der Waals surface area (Å²) >= 11 is 0. The zero-order valence-corrected chi connectivity index (χ0v) is 9.92. The highest BCUT2D eigenvalue weighted by molar-refractivity contribution is 5.32. The molecule has 0 spiro atoms. The van der Waals surface area contributed by atoms with Crippen LogP contribution >= 0.6 is 0 Å². The van der Waals surface area contributed by atoms with Crippen LogP contribution in [-0.4, -0.2) is 17.2 Å². The van der Waals surface area contributed by atoms with Gasteiger partial charge in [0.1, 0.15) is 11.9 Å². The molecule has 3 heteroatoms. The Labute approximate surface area is 101 Å². The number of aryl methyl sites for hydroxylation is 1. The van der Waals surface area contributed by atoms with Gasteiger partial charge in [0.25, 0.3) is 0 Å². The normalized spacial score (nSPS) is 12.2. The van der Waals surface area contributed by atoms with Crippen molar-refractivity contribution in [2.75, 3.05) is 7.11 Å². The number of ether oxygens (including phenoxy) is 1. The van der Waals surface area contributed by atoms with E-state index in [-0.39, 0.29) is 0 Å². The summed E-state index contributed by atoms with van der Waals surface area (Å²) in [6.45, 7) is 1.88. The van der Waals surface area contributed by atoms with Crippen LogP contribution in [0.4, 0.5) is 0 Å². The molecule has 0 bridgehead atoms. The molecule has 1 N–H and O–H groups in total. The summed E-state index contributed by atoms with van der Waals surface area (Å²) in [5.74, 6) is 0.711. The van der Waals surface area contributed by atoms with E-state index in [0.29, 0.717) is 11.4 Å². The maximum Gasteiger partial charge on any atom is 0.122 e. The van der Waals surface area contributed by atoms with Crippen LogP contribution in [0.1, 0.15) is 23.1 Å². The van der Waals surface area contributed by atoms with E-state index in [1.807, 2.05) is 43.3 Å². The second kappa shape index (κ2) is 4.97. The molecule has 88 valence electrons. The van der Waals surface area contributed by atoms with Crippen LogP contribution in [0.3, 0.4) is 0 Å². The van der Waals surface area contributed by atoms with Crippen molar-refractivity contribution in [3.63, 3.8) is 0 Å². The number of hydrogen-bond donors (Lipinski definition) is 1. The molecule has 1 aromatic heterocycles. The molecular formula is C14H15NO2. The van der Waals surface area contributed by atoms with E-state index in [2.05, 4.69) is 4.98 Å². The number of rotatable bonds is 3. The van der Waals surface area contributed by atoms with Crippen LogP contribution in [0.25, 0.3) is 0 Å². The van der Waals surface area contributed by atoms with E-state index in [1.165, 1.54) is 0 Å². The summed E-state index contributed by atoms with van der Waals surface area (Å²) in [6, 6.07) is 13.0. The minimum atomic E-state index is -0.718. The number of benzene rings is 1. The standard InChI is InChI=1S/C14H15NO2/c1-10-8-12(17-2)9-13(15-10)14(16)11-6-4-3-5-7-11/h3-9,14,16H,1-2H3. The zero-order valence-electron chi connectivity index (χ0n) is 9.92. The third-order valence-electron chi connectivity index (χ3n) is 2.58. The lowest BCUT2D eigenvalue weighted by molar-refractivity contribution is 0.214. The molecule has 3 nitrogen and oxygen atoms in total. The topological polar surface area (TPSA) is 42.4 Å². The van der Waals surface area contributed by atoms with Gasteiger partial charge in [-0.2, -0.15) is 0 Å². The van der Waals surface area contributed by atoms with Crippen molar-refractivity contribution < 1.29 is 9.84 Å². The van der Waals surface area contributed by atoms with Crippen molar-refractivity contribution in [2.24, 2.45) is 0 Å². The summed E-state index contributed by atoms with van der Waals surface area (Å²) in [4.78, 5) is 4.33. The fourth-order valence-electron chi connectivity index (χ4n) is 1.73. The van der Waals surface area contributed by atoms with E-state index in [9.17, 15) is 5.11 Å². The number of aliphatic hydroxyl groups excluding tert-OH is 1. The first-order chi connectivity index (χ1) is 8.20. The van der Waals surface area contributed by atoms with Crippen LogP contribution in [0.2, 0.25) is 0 Å². The molecule has 0 aliphatic carbocycles. The number of aliphatic hydroxyl groups is 1. The molecule has 17 heavy (non-hydrogen) atoms. The average Bonchev–Trinajstić information content (AvgIpc) is 2.38. The van der Waals surface area contributed by atoms with Crippen molar-refractivity contribution >= 4 is 0 Å². The summed E-state index contributed by atoms with van der Waals surface area (Å²) in [6.07, 6.45) is -0.718. The van der Waals surface area contributed by atoms with Crippen LogP contribution in [0.5, 0.6) is 5.75 Å². The Morgan fingerprint density at radius 2 is 1.88 bits per heavy atom. The third kappa shape index (κ3) is 2.63. The molecule has 2 aromatic rings. The lowest BCUT2D eigenvalue weighted by Crippen LogP contribution is -2.03. The largest absolute Gasteiger partial charge is 0.497 e. The van der Waals surface area contributed by atoms with Crippen molar-refractivity contribution in [1.82, 2.24) is 4.98 Å². The second-order valence-corrected chi connectivity index (χ2v) is 3.89. The lowest BCUT2D eigenvalue weighted by Gasteiger charge is -2.12. The van der Waals surface area contributed by atoms with Gasteiger partial charge in [0.15, 0.2) is 0 Å². The Balaban J connectivity index is 2.37. The van der Waals surface area contributed by atoms with Gasteiger partial charge >= 0.3 is 0 Å². The summed E-state index contributed by atoms with van der Waals surface area (Å²) in [5, 5.41) is 10.2. The molecule has 1 aromatic carbocycles. The van der Waals surface area contributed by atoms with Crippen LogP contribution in [-0.2, 0) is 0 Å². The van der Waals surface area contributed by atoms with E-state index >= 15 is 0 Å². The first-order valence-electron chi connectivity index (χ1n) is 5.46. The predicted octanol–water partition coefficient (Wildman–Crippen LogP) is 2.48. The van der Waals surface area contributed by atoms with Gasteiger partial charge in [0.05, 0.1) is 12.8 Å². The first-order valence-corrected chi connectivity index (χ1v) is 5.46. The Morgan fingerprint density at radius 1 is 1.18 bits per heavy atom. The highest BCUT2D eigenvalue weighted by atomic mass is 16.5. The lowest BCUT2D eigenvalue weighted by atomic mass is 10.1. The van der Waals surface area contributed by atoms with Crippen molar-refractivity contribution in [3.8, 4) is 5.75 Å². The minimum absolute atomic E-state index is 0.605. The zero-order chi connectivity index (χ0) is 12.3. The first kappa shape index (κ1) is 11.6. The van der Waals surface area contributed by atoms with Crippen molar-refractivity contribution in [1.29, 1.82) is 0 Å². The molecule has 0 saturated heterocycles. The van der Waals surface area contributed by atoms with E-state index in [0.717, 1.165) is 11.3 Å². The van der Waals surface area contributed by atoms with Crippen LogP contribution in [0, 0.1) is 6.92 Å². The number of hydrogen-bond acceptors (Lipinski definition) is 3. The maximum absolute atomic E-state index is 10.2. The third-order valence-corrected chi connectivity index (χ3v) is 2.58. The van der Waals surface area contributed by atoms with Crippen LogP contribution in [0.15, 0.2) is 42.5 Å². The quantitative estimate of drug-likeness (QED) is 0.879. The average molecular weight is 229 g/mol. The van der Waals surface area contributed by atoms with Gasteiger partial charge in [-0.1, -0.05) is 30.3 Å². The highest BCUT2D eigenvalue weighted by Crippen LogP contribution is 2.23. The van der Waals surface area contributed by atoms with Gasteiger partial charge in [0.2, 0.25) is 0 Å². The number of aromatic nitrogens is 1. The Hall–Kier alpha value is -1.87. The molecule has 0 fully saturated rings. The minimum Gasteiger partial charge on any atom is -0.497 e. The molecular weight excluding hydrogens is 214 g/mol. The van der Waals surface area contributed by atoms with Crippen molar-refractivity contribution in [3.05, 3.63) is 59.4 Å². The summed E-state index contributed by atoms with van der Waals surface area (Å²) < 4.78 is 5.17. The fraction of sp³-hybridized carbons (Fsp3) is 0.214. The number of pyridine rings is 1. The molecule has 2 rings (SSSR count). The van der Waals surface area contributed by atoms with Gasteiger partial charge in [-0.05, 0) is 12.5 Å². The van der Waals surface area contributed by atoms with Gasteiger partial charge < -0.3 is 9.84 Å². The van der Waals surface area contributed by atoms with Gasteiger partial charge in [-0.15, -0.1) is 0 Å². The monoisotopic (exact) mass is 229 g/mol. The van der Waals surface area contributed by atoms with Crippen LogP contribution < -0.4 is 4.74 Å². The molecule has 0 amide bonds. The molecule has 0 aliphatic rings. The number of nitrogens with zero attached hydrogens (tertiary/aromatic N) is 1. The maximum atomic E-state index is 10.2. The summed E-state index contributed by atoms with van der Waals surface area (Å²) in [7, 11) is 1.60. The molecule has 1 heterocycles.